The molecule has 4 aromatic carbocycles. The van der Waals surface area contributed by atoms with E-state index in [4.69, 9.17) is 50.5 Å². The number of methoxy groups -OCH3 is 4. The van der Waals surface area contributed by atoms with E-state index in [-0.39, 0.29) is 29.4 Å². The van der Waals surface area contributed by atoms with Crippen molar-refractivity contribution >= 4 is 17.6 Å². The first-order chi connectivity index (χ1) is 21.8. The lowest BCUT2D eigenvalue weighted by Gasteiger charge is -2.27. The van der Waals surface area contributed by atoms with Gasteiger partial charge in [-0.1, -0.05) is 41.9 Å². The number of hydrogen-bond donors (Lipinski definition) is 1. The molecule has 2 N–H and O–H groups in total. The minimum absolute atomic E-state index is 0.0684. The zero-order valence-corrected chi connectivity index (χ0v) is 25.6. The summed E-state index contributed by atoms with van der Waals surface area (Å²) in [5.74, 6) is 1.10. The van der Waals surface area contributed by atoms with Gasteiger partial charge in [0.05, 0.1) is 39.9 Å². The third kappa shape index (κ3) is 6.25. The Bertz CT molecular complexity index is 1810. The van der Waals surface area contributed by atoms with E-state index in [1.54, 1.807) is 30.3 Å². The summed E-state index contributed by atoms with van der Waals surface area (Å²) in [6.07, 6.45) is 0. The lowest BCUT2D eigenvalue weighted by atomic mass is 9.83. The maximum atomic E-state index is 13.1. The number of halogens is 1. The van der Waals surface area contributed by atoms with Gasteiger partial charge in [-0.05, 0) is 42.0 Å². The number of rotatable bonds is 10. The van der Waals surface area contributed by atoms with E-state index in [0.29, 0.717) is 50.6 Å². The summed E-state index contributed by atoms with van der Waals surface area (Å²) in [7, 11) is 5.91. The first kappa shape index (κ1) is 30.9. The topological polar surface area (TPSA) is 131 Å². The van der Waals surface area contributed by atoms with Gasteiger partial charge in [-0.3, -0.25) is 0 Å². The van der Waals surface area contributed by atoms with Crippen LogP contribution in [-0.4, -0.2) is 34.4 Å². The van der Waals surface area contributed by atoms with Crippen LogP contribution in [-0.2, 0) is 6.61 Å². The Hall–Kier alpha value is -5.53. The molecule has 0 aromatic heterocycles. The Labute approximate surface area is 265 Å². The maximum absolute atomic E-state index is 13.1. The van der Waals surface area contributed by atoms with Crippen LogP contribution in [0.25, 0.3) is 0 Å². The van der Waals surface area contributed by atoms with Crippen molar-refractivity contribution in [1.29, 1.82) is 5.26 Å². The van der Waals surface area contributed by atoms with Crippen LogP contribution in [0.1, 0.15) is 33.0 Å². The maximum Gasteiger partial charge on any atom is 0.343 e. The summed E-state index contributed by atoms with van der Waals surface area (Å²) in [6, 6.07) is 22.8. The Morgan fingerprint density at radius 2 is 1.60 bits per heavy atom. The Morgan fingerprint density at radius 3 is 2.24 bits per heavy atom. The molecule has 0 spiro atoms. The molecule has 0 amide bonds. The zero-order valence-electron chi connectivity index (χ0n) is 24.9. The van der Waals surface area contributed by atoms with E-state index in [9.17, 15) is 10.1 Å². The highest BCUT2D eigenvalue weighted by atomic mass is 35.5. The van der Waals surface area contributed by atoms with Crippen molar-refractivity contribution in [2.75, 3.05) is 28.4 Å². The van der Waals surface area contributed by atoms with E-state index in [2.05, 4.69) is 6.07 Å². The molecule has 1 heterocycles. The number of nitrogens with two attached hydrogens (primary N) is 1. The highest BCUT2D eigenvalue weighted by Gasteiger charge is 2.32. The SMILES string of the molecule is COc1cc(C2C(C#N)=C(N)Oc3cc(OC(=O)c4cc(OC)c(OC)c(OC)c4)ccc32)ccc1OCc1ccccc1Cl. The van der Waals surface area contributed by atoms with Gasteiger partial charge in [0, 0.05) is 22.2 Å². The second-order valence-electron chi connectivity index (χ2n) is 9.72. The molecule has 1 aliphatic heterocycles. The molecule has 11 heteroatoms. The van der Waals surface area contributed by atoms with Crippen LogP contribution in [0.15, 0.2) is 84.3 Å². The van der Waals surface area contributed by atoms with Gasteiger partial charge in [0.2, 0.25) is 11.6 Å². The van der Waals surface area contributed by atoms with Crippen LogP contribution in [0.2, 0.25) is 5.02 Å². The Morgan fingerprint density at radius 1 is 0.889 bits per heavy atom. The van der Waals surface area contributed by atoms with Crippen LogP contribution < -0.4 is 38.9 Å². The summed E-state index contributed by atoms with van der Waals surface area (Å²) in [4.78, 5) is 13.1. The van der Waals surface area contributed by atoms with Gasteiger partial charge in [-0.2, -0.15) is 5.26 Å². The first-order valence-corrected chi connectivity index (χ1v) is 14.0. The summed E-state index contributed by atoms with van der Waals surface area (Å²) < 4.78 is 39.1. The summed E-state index contributed by atoms with van der Waals surface area (Å²) in [5.41, 5.74) is 8.78. The second-order valence-corrected chi connectivity index (χ2v) is 10.1. The molecule has 0 fully saturated rings. The van der Waals surface area contributed by atoms with Crippen LogP contribution in [0.5, 0.6) is 40.2 Å². The number of fused-ring (bicyclic) bond motifs is 1. The van der Waals surface area contributed by atoms with Crippen molar-refractivity contribution in [1.82, 2.24) is 0 Å². The largest absolute Gasteiger partial charge is 0.493 e. The van der Waals surface area contributed by atoms with Gasteiger partial charge in [-0.25, -0.2) is 4.79 Å². The molecule has 0 bridgehead atoms. The average Bonchev–Trinajstić information content (AvgIpc) is 3.06. The van der Waals surface area contributed by atoms with Crippen LogP contribution in [0.4, 0.5) is 0 Å². The fourth-order valence-corrected chi connectivity index (χ4v) is 5.15. The van der Waals surface area contributed by atoms with Gasteiger partial charge < -0.3 is 38.9 Å². The smallest absolute Gasteiger partial charge is 0.343 e. The molecular formula is C34H29ClN2O8. The van der Waals surface area contributed by atoms with Crippen molar-refractivity contribution in [2.24, 2.45) is 5.73 Å². The van der Waals surface area contributed by atoms with Crippen LogP contribution >= 0.6 is 11.6 Å². The fourth-order valence-electron chi connectivity index (χ4n) is 4.96. The van der Waals surface area contributed by atoms with Gasteiger partial charge in [0.15, 0.2) is 23.0 Å². The number of benzene rings is 4. The predicted octanol–water partition coefficient (Wildman–Crippen LogP) is 6.39. The molecule has 1 unspecified atom stereocenters. The summed E-state index contributed by atoms with van der Waals surface area (Å²) in [5, 5.41) is 10.6. The number of carbonyl (C=O) groups is 1. The van der Waals surface area contributed by atoms with Crippen LogP contribution in [0.3, 0.4) is 0 Å². The molecule has 10 nitrogen and oxygen atoms in total. The third-order valence-electron chi connectivity index (χ3n) is 7.16. The third-order valence-corrected chi connectivity index (χ3v) is 7.53. The van der Waals surface area contributed by atoms with E-state index < -0.39 is 11.9 Å². The Balaban J connectivity index is 1.43. The molecule has 230 valence electrons. The molecule has 0 saturated carbocycles. The van der Waals surface area contributed by atoms with E-state index in [1.165, 1.54) is 46.6 Å². The molecule has 4 aromatic rings. The summed E-state index contributed by atoms with van der Waals surface area (Å²) in [6.45, 7) is 0.239. The number of nitrogens with zero attached hydrogens (tertiary/aromatic N) is 1. The normalized spacial score (nSPS) is 13.6. The number of allylic oxidation sites excluding steroid dienone is 1. The number of esters is 1. The minimum atomic E-state index is -0.667. The molecule has 1 aliphatic rings. The minimum Gasteiger partial charge on any atom is -0.493 e. The van der Waals surface area contributed by atoms with Gasteiger partial charge in [-0.15, -0.1) is 0 Å². The average molecular weight is 629 g/mol. The van der Waals surface area contributed by atoms with Gasteiger partial charge in [0.1, 0.15) is 29.7 Å². The van der Waals surface area contributed by atoms with E-state index in [0.717, 1.165) is 5.56 Å². The van der Waals surface area contributed by atoms with Crippen molar-refractivity contribution in [3.8, 4) is 46.3 Å². The lowest BCUT2D eigenvalue weighted by Crippen LogP contribution is -2.21. The zero-order chi connectivity index (χ0) is 32.1. The lowest BCUT2D eigenvalue weighted by molar-refractivity contribution is 0.0733. The molecule has 1 atom stereocenters. The highest BCUT2D eigenvalue weighted by molar-refractivity contribution is 6.31. The fraction of sp³-hybridized carbons (Fsp3) is 0.176. The van der Waals surface area contributed by atoms with E-state index in [1.807, 2.05) is 24.3 Å². The predicted molar refractivity (Wildman–Crippen MR) is 166 cm³/mol. The number of carbonyl (C=O) groups excluding carboxylic acids is 1. The molecular weight excluding hydrogens is 600 g/mol. The monoisotopic (exact) mass is 628 g/mol. The molecule has 0 saturated heterocycles. The van der Waals surface area contributed by atoms with Crippen molar-refractivity contribution < 1.29 is 38.0 Å². The molecule has 0 aliphatic carbocycles. The van der Waals surface area contributed by atoms with Crippen molar-refractivity contribution in [3.05, 3.63) is 112 Å². The molecule has 0 radical (unpaired) electrons. The number of nitriles is 1. The quantitative estimate of drug-likeness (QED) is 0.156. The number of ether oxygens (including phenoxy) is 7. The Kier molecular flexibility index (Phi) is 9.21. The highest BCUT2D eigenvalue weighted by Crippen LogP contribution is 2.45. The van der Waals surface area contributed by atoms with Crippen molar-refractivity contribution in [2.45, 2.75) is 12.5 Å². The first-order valence-electron chi connectivity index (χ1n) is 13.6. The molecule has 45 heavy (non-hydrogen) atoms. The van der Waals surface area contributed by atoms with Gasteiger partial charge >= 0.3 is 5.97 Å². The van der Waals surface area contributed by atoms with E-state index >= 15 is 0 Å². The van der Waals surface area contributed by atoms with Gasteiger partial charge in [0.25, 0.3) is 0 Å². The molecule has 5 rings (SSSR count). The van der Waals surface area contributed by atoms with Crippen molar-refractivity contribution in [3.63, 3.8) is 0 Å². The van der Waals surface area contributed by atoms with Crippen LogP contribution in [0, 0.1) is 11.3 Å². The summed E-state index contributed by atoms with van der Waals surface area (Å²) >= 11 is 6.28. The second kappa shape index (κ2) is 13.4. The standard InChI is InChI=1S/C34H29ClN2O8/c1-39-28-13-19(9-12-26(28)43-18-20-7-5-6-8-25(20)35)31-23-11-10-22(16-27(23)45-33(37)24(31)17-36)44-34(38)21-14-29(40-2)32(42-4)30(15-21)41-3/h5-16,31H,18,37H2,1-4H3. The number of hydrogen-bond acceptors (Lipinski definition) is 10.